The van der Waals surface area contributed by atoms with Gasteiger partial charge in [0.05, 0.1) is 16.8 Å². The van der Waals surface area contributed by atoms with Gasteiger partial charge in [-0.05, 0) is 11.6 Å². The van der Waals surface area contributed by atoms with Crippen molar-refractivity contribution in [1.29, 1.82) is 10.5 Å². The van der Waals surface area contributed by atoms with E-state index in [0.29, 0.717) is 33.8 Å². The number of nitrogen functional groups attached to an aromatic ring is 1. The SMILES string of the molecule is CN=Cc1cc(-c2nc(Cl)c(C#N)c(-c3ccccc3)c2C#N)cnc1N. The van der Waals surface area contributed by atoms with E-state index in [9.17, 15) is 10.5 Å². The molecule has 130 valence electrons. The Morgan fingerprint density at radius 3 is 2.44 bits per heavy atom. The van der Waals surface area contributed by atoms with Crippen LogP contribution in [0.1, 0.15) is 16.7 Å². The van der Waals surface area contributed by atoms with Crippen molar-refractivity contribution in [3.05, 3.63) is 64.4 Å². The van der Waals surface area contributed by atoms with E-state index in [1.807, 2.05) is 30.3 Å². The monoisotopic (exact) mass is 372 g/mol. The fourth-order valence-corrected chi connectivity index (χ4v) is 2.96. The third-order valence-electron chi connectivity index (χ3n) is 3.93. The van der Waals surface area contributed by atoms with Crippen molar-refractivity contribution in [2.45, 2.75) is 0 Å². The molecule has 2 heterocycles. The number of hydrogen-bond donors (Lipinski definition) is 1. The molecule has 0 spiro atoms. The van der Waals surface area contributed by atoms with Crippen molar-refractivity contribution >= 4 is 23.6 Å². The number of anilines is 1. The molecule has 0 saturated heterocycles. The predicted octanol–water partition coefficient (Wildman–Crippen LogP) is 3.84. The summed E-state index contributed by atoms with van der Waals surface area (Å²) in [6.45, 7) is 0. The van der Waals surface area contributed by atoms with Crippen LogP contribution in [0.15, 0.2) is 47.6 Å². The molecule has 6 nitrogen and oxygen atoms in total. The van der Waals surface area contributed by atoms with Gasteiger partial charge in [0.15, 0.2) is 0 Å². The van der Waals surface area contributed by atoms with E-state index in [1.165, 1.54) is 6.20 Å². The molecule has 7 heteroatoms. The highest BCUT2D eigenvalue weighted by Crippen LogP contribution is 2.36. The zero-order valence-corrected chi connectivity index (χ0v) is 15.1. The number of nitriles is 2. The van der Waals surface area contributed by atoms with E-state index >= 15 is 0 Å². The molecule has 0 saturated carbocycles. The standard InChI is InChI=1S/C20H13ClN6/c1-25-10-14-7-13(11-26-20(14)24)18-15(8-22)17(12-5-3-2-4-6-12)16(9-23)19(21)27-18/h2-7,10-11H,1H3,(H2,24,26). The molecule has 2 aromatic heterocycles. The maximum Gasteiger partial charge on any atom is 0.148 e. The summed E-state index contributed by atoms with van der Waals surface area (Å²) in [5.41, 5.74) is 8.89. The largest absolute Gasteiger partial charge is 0.383 e. The number of aliphatic imine (C=N–C) groups is 1. The van der Waals surface area contributed by atoms with Gasteiger partial charge >= 0.3 is 0 Å². The Morgan fingerprint density at radius 2 is 1.81 bits per heavy atom. The number of aromatic nitrogens is 2. The van der Waals surface area contributed by atoms with Crippen molar-refractivity contribution in [2.24, 2.45) is 4.99 Å². The highest BCUT2D eigenvalue weighted by molar-refractivity contribution is 6.31. The Labute approximate surface area is 161 Å². The molecule has 0 unspecified atom stereocenters. The number of nitrogens with zero attached hydrogens (tertiary/aromatic N) is 5. The fraction of sp³-hybridized carbons (Fsp3) is 0.0500. The maximum atomic E-state index is 9.85. The Bertz CT molecular complexity index is 1120. The molecule has 0 bridgehead atoms. The molecule has 0 radical (unpaired) electrons. The van der Waals surface area contributed by atoms with E-state index in [0.717, 1.165) is 0 Å². The van der Waals surface area contributed by atoms with Crippen LogP contribution in [0.4, 0.5) is 5.82 Å². The number of halogens is 1. The number of nitrogens with two attached hydrogens (primary N) is 1. The Hall–Kier alpha value is -3.74. The van der Waals surface area contributed by atoms with E-state index in [-0.39, 0.29) is 16.3 Å². The highest BCUT2D eigenvalue weighted by atomic mass is 35.5. The van der Waals surface area contributed by atoms with Gasteiger partial charge in [-0.25, -0.2) is 9.97 Å². The van der Waals surface area contributed by atoms with Crippen LogP contribution in [0.25, 0.3) is 22.4 Å². The van der Waals surface area contributed by atoms with E-state index in [2.05, 4.69) is 27.1 Å². The van der Waals surface area contributed by atoms with Gasteiger partial charge in [0.1, 0.15) is 23.1 Å². The van der Waals surface area contributed by atoms with Crippen molar-refractivity contribution in [2.75, 3.05) is 12.8 Å². The van der Waals surface area contributed by atoms with E-state index in [1.54, 1.807) is 19.3 Å². The number of rotatable bonds is 3. The minimum atomic E-state index is 0.0212. The lowest BCUT2D eigenvalue weighted by Crippen LogP contribution is -2.02. The van der Waals surface area contributed by atoms with Gasteiger partial charge in [0, 0.05) is 36.1 Å². The summed E-state index contributed by atoms with van der Waals surface area (Å²) < 4.78 is 0. The van der Waals surface area contributed by atoms with Crippen LogP contribution >= 0.6 is 11.6 Å². The summed E-state index contributed by atoms with van der Waals surface area (Å²) in [4.78, 5) is 12.4. The molecule has 0 atom stereocenters. The number of pyridine rings is 2. The molecule has 0 aliphatic heterocycles. The summed E-state index contributed by atoms with van der Waals surface area (Å²) in [6, 6.07) is 15.1. The van der Waals surface area contributed by atoms with Gasteiger partial charge in [-0.1, -0.05) is 41.9 Å². The van der Waals surface area contributed by atoms with Crippen molar-refractivity contribution < 1.29 is 0 Å². The van der Waals surface area contributed by atoms with Crippen LogP contribution in [0.2, 0.25) is 5.15 Å². The molecular weight excluding hydrogens is 360 g/mol. The van der Waals surface area contributed by atoms with Crippen LogP contribution in [0.3, 0.4) is 0 Å². The van der Waals surface area contributed by atoms with Gasteiger partial charge in [0.25, 0.3) is 0 Å². The Morgan fingerprint density at radius 1 is 1.11 bits per heavy atom. The minimum Gasteiger partial charge on any atom is -0.383 e. The van der Waals surface area contributed by atoms with E-state index in [4.69, 9.17) is 17.3 Å². The summed E-state index contributed by atoms with van der Waals surface area (Å²) in [5, 5.41) is 19.4. The van der Waals surface area contributed by atoms with Crippen molar-refractivity contribution in [1.82, 2.24) is 9.97 Å². The zero-order valence-electron chi connectivity index (χ0n) is 14.3. The lowest BCUT2D eigenvalue weighted by molar-refractivity contribution is 1.25. The van der Waals surface area contributed by atoms with Crippen molar-refractivity contribution in [3.63, 3.8) is 0 Å². The molecule has 3 aromatic rings. The number of hydrogen-bond acceptors (Lipinski definition) is 6. The zero-order chi connectivity index (χ0) is 19.4. The lowest BCUT2D eigenvalue weighted by Gasteiger charge is -2.13. The van der Waals surface area contributed by atoms with Crippen LogP contribution in [0.5, 0.6) is 0 Å². The van der Waals surface area contributed by atoms with Gasteiger partial charge in [-0.15, -0.1) is 0 Å². The molecular formula is C20H13ClN6. The topological polar surface area (TPSA) is 112 Å². The first-order valence-electron chi connectivity index (χ1n) is 7.87. The van der Waals surface area contributed by atoms with Crippen LogP contribution in [-0.4, -0.2) is 23.2 Å². The summed E-state index contributed by atoms with van der Waals surface area (Å²) >= 11 is 6.28. The lowest BCUT2D eigenvalue weighted by atomic mass is 9.93. The second-order valence-electron chi connectivity index (χ2n) is 5.55. The first-order chi connectivity index (χ1) is 13.1. The highest BCUT2D eigenvalue weighted by Gasteiger charge is 2.21. The van der Waals surface area contributed by atoms with Crippen LogP contribution in [-0.2, 0) is 0 Å². The summed E-state index contributed by atoms with van der Waals surface area (Å²) in [5.74, 6) is 0.311. The minimum absolute atomic E-state index is 0.0212. The third-order valence-corrected chi connectivity index (χ3v) is 4.20. The molecule has 27 heavy (non-hydrogen) atoms. The van der Waals surface area contributed by atoms with Gasteiger partial charge < -0.3 is 5.73 Å². The molecule has 1 aromatic carbocycles. The average Bonchev–Trinajstić information content (AvgIpc) is 2.69. The maximum absolute atomic E-state index is 9.85. The molecule has 0 aliphatic carbocycles. The molecule has 0 aliphatic rings. The summed E-state index contributed by atoms with van der Waals surface area (Å²) in [7, 11) is 1.62. The second-order valence-corrected chi connectivity index (χ2v) is 5.91. The van der Waals surface area contributed by atoms with Crippen LogP contribution in [0, 0.1) is 22.7 Å². The molecule has 3 rings (SSSR count). The quantitative estimate of drug-likeness (QED) is 0.554. The first kappa shape index (κ1) is 18.1. The number of benzene rings is 1. The second kappa shape index (κ2) is 7.65. The smallest absolute Gasteiger partial charge is 0.148 e. The molecule has 2 N–H and O–H groups in total. The Balaban J connectivity index is 2.37. The average molecular weight is 373 g/mol. The van der Waals surface area contributed by atoms with Crippen molar-refractivity contribution in [3.8, 4) is 34.5 Å². The van der Waals surface area contributed by atoms with Crippen LogP contribution < -0.4 is 5.73 Å². The Kier molecular flexibility index (Phi) is 5.12. The first-order valence-corrected chi connectivity index (χ1v) is 8.25. The molecule has 0 amide bonds. The normalized spacial score (nSPS) is 10.5. The van der Waals surface area contributed by atoms with Gasteiger partial charge in [0.2, 0.25) is 0 Å². The van der Waals surface area contributed by atoms with E-state index < -0.39 is 0 Å². The predicted molar refractivity (Wildman–Crippen MR) is 105 cm³/mol. The fourth-order valence-electron chi connectivity index (χ4n) is 2.73. The third kappa shape index (κ3) is 3.35. The van der Waals surface area contributed by atoms with Gasteiger partial charge in [-0.2, -0.15) is 10.5 Å². The summed E-state index contributed by atoms with van der Waals surface area (Å²) in [6.07, 6.45) is 3.09. The van der Waals surface area contributed by atoms with Gasteiger partial charge in [-0.3, -0.25) is 4.99 Å². The molecule has 0 fully saturated rings.